The highest BCUT2D eigenvalue weighted by Gasteiger charge is 2.28. The van der Waals surface area contributed by atoms with Crippen molar-refractivity contribution in [3.8, 4) is 0 Å². The molecule has 0 N–H and O–H groups in total. The first-order chi connectivity index (χ1) is 6.95. The molecule has 0 bridgehead atoms. The van der Waals surface area contributed by atoms with Gasteiger partial charge in [0.25, 0.3) is 0 Å². The Morgan fingerprint density at radius 1 is 0.933 bits per heavy atom. The number of hydrogen-bond acceptors (Lipinski definition) is 0. The van der Waals surface area contributed by atoms with Gasteiger partial charge >= 0.3 is 0 Å². The molecule has 0 spiro atoms. The molecule has 0 aliphatic carbocycles. The van der Waals surface area contributed by atoms with Gasteiger partial charge in [0.15, 0.2) is 0 Å². The van der Waals surface area contributed by atoms with Crippen molar-refractivity contribution in [1.82, 2.24) is 0 Å². The predicted molar refractivity (Wildman–Crippen MR) is 71.2 cm³/mol. The van der Waals surface area contributed by atoms with Gasteiger partial charge in [-0.15, -0.1) is 0 Å². The van der Waals surface area contributed by atoms with Gasteiger partial charge in [0, 0.05) is 0 Å². The summed E-state index contributed by atoms with van der Waals surface area (Å²) < 4.78 is 0. The zero-order valence-electron chi connectivity index (χ0n) is 11.9. The first kappa shape index (κ1) is 15.0. The zero-order valence-corrected chi connectivity index (χ0v) is 11.9. The van der Waals surface area contributed by atoms with Gasteiger partial charge in [-0.05, 0) is 23.7 Å². The molecule has 15 heavy (non-hydrogen) atoms. The lowest BCUT2D eigenvalue weighted by Gasteiger charge is -2.36. The molecule has 2 atom stereocenters. The van der Waals surface area contributed by atoms with Crippen molar-refractivity contribution in [2.75, 3.05) is 0 Å². The molecule has 0 nitrogen and oxygen atoms in total. The molecular formula is C15H32. The smallest absolute Gasteiger partial charge is 0.0326 e. The summed E-state index contributed by atoms with van der Waals surface area (Å²) in [6, 6.07) is 0. The molecule has 0 heterocycles. The normalized spacial score (nSPS) is 16.4. The van der Waals surface area contributed by atoms with Crippen molar-refractivity contribution < 1.29 is 0 Å². The molecule has 0 saturated heterocycles. The molecule has 0 radical (unpaired) electrons. The van der Waals surface area contributed by atoms with Crippen molar-refractivity contribution in [3.05, 3.63) is 0 Å². The quantitative estimate of drug-likeness (QED) is 0.486. The van der Waals surface area contributed by atoms with Crippen LogP contribution in [0.5, 0.6) is 0 Å². The van der Waals surface area contributed by atoms with Gasteiger partial charge in [-0.1, -0.05) is 73.6 Å². The molecule has 0 rings (SSSR count). The minimum atomic E-state index is 0.531. The SMILES string of the molecule is CCCCC(C)C(C)C(C)(C)CCCC. The fourth-order valence-corrected chi connectivity index (χ4v) is 2.41. The van der Waals surface area contributed by atoms with E-state index in [4.69, 9.17) is 0 Å². The largest absolute Gasteiger partial charge is 0.0654 e. The maximum Gasteiger partial charge on any atom is -0.0326 e. The Hall–Kier alpha value is 0. The third kappa shape index (κ3) is 5.58. The molecular weight excluding hydrogens is 180 g/mol. The molecule has 0 aliphatic rings. The summed E-state index contributed by atoms with van der Waals surface area (Å²) in [5.41, 5.74) is 0.531. The number of unbranched alkanes of at least 4 members (excludes halogenated alkanes) is 2. The molecule has 0 aromatic heterocycles. The summed E-state index contributed by atoms with van der Waals surface area (Å²) in [6.45, 7) is 14.4. The van der Waals surface area contributed by atoms with Crippen LogP contribution in [0, 0.1) is 17.3 Å². The van der Waals surface area contributed by atoms with E-state index in [9.17, 15) is 0 Å². The highest BCUT2D eigenvalue weighted by Crippen LogP contribution is 2.38. The third-order valence-corrected chi connectivity index (χ3v) is 4.27. The second kappa shape index (κ2) is 7.30. The average Bonchev–Trinajstić information content (AvgIpc) is 2.21. The molecule has 0 aromatic rings. The van der Waals surface area contributed by atoms with E-state index in [1.165, 1.54) is 38.5 Å². The summed E-state index contributed by atoms with van der Waals surface area (Å²) in [4.78, 5) is 0. The van der Waals surface area contributed by atoms with E-state index < -0.39 is 0 Å². The minimum Gasteiger partial charge on any atom is -0.0654 e. The van der Waals surface area contributed by atoms with Crippen molar-refractivity contribution >= 4 is 0 Å². The van der Waals surface area contributed by atoms with E-state index in [-0.39, 0.29) is 0 Å². The summed E-state index contributed by atoms with van der Waals surface area (Å²) >= 11 is 0. The predicted octanol–water partition coefficient (Wildman–Crippen LogP) is 5.67. The minimum absolute atomic E-state index is 0.531. The molecule has 92 valence electrons. The zero-order chi connectivity index (χ0) is 11.9. The van der Waals surface area contributed by atoms with Crippen LogP contribution in [0.1, 0.15) is 80.1 Å². The number of hydrogen-bond donors (Lipinski definition) is 0. The van der Waals surface area contributed by atoms with Crippen LogP contribution < -0.4 is 0 Å². The maximum absolute atomic E-state index is 2.45. The van der Waals surface area contributed by atoms with Crippen molar-refractivity contribution in [2.45, 2.75) is 80.1 Å². The van der Waals surface area contributed by atoms with Crippen molar-refractivity contribution in [3.63, 3.8) is 0 Å². The molecule has 0 saturated carbocycles. The van der Waals surface area contributed by atoms with Crippen LogP contribution in [-0.4, -0.2) is 0 Å². The fraction of sp³-hybridized carbons (Fsp3) is 1.00. The van der Waals surface area contributed by atoms with E-state index in [2.05, 4.69) is 41.5 Å². The van der Waals surface area contributed by atoms with Gasteiger partial charge in [0.05, 0.1) is 0 Å². The highest BCUT2D eigenvalue weighted by molar-refractivity contribution is 4.78. The lowest BCUT2D eigenvalue weighted by Crippen LogP contribution is -2.27. The summed E-state index contributed by atoms with van der Waals surface area (Å²) in [5, 5.41) is 0. The fourth-order valence-electron chi connectivity index (χ4n) is 2.41. The average molecular weight is 212 g/mol. The van der Waals surface area contributed by atoms with E-state index in [0.717, 1.165) is 11.8 Å². The van der Waals surface area contributed by atoms with Crippen molar-refractivity contribution in [1.29, 1.82) is 0 Å². The van der Waals surface area contributed by atoms with E-state index in [0.29, 0.717) is 5.41 Å². The van der Waals surface area contributed by atoms with E-state index in [1.807, 2.05) is 0 Å². The van der Waals surface area contributed by atoms with Gasteiger partial charge in [-0.2, -0.15) is 0 Å². The topological polar surface area (TPSA) is 0 Å². The monoisotopic (exact) mass is 212 g/mol. The lowest BCUT2D eigenvalue weighted by atomic mass is 9.69. The van der Waals surface area contributed by atoms with Crippen LogP contribution in [0.15, 0.2) is 0 Å². The molecule has 0 aliphatic heterocycles. The van der Waals surface area contributed by atoms with Crippen LogP contribution in [0.4, 0.5) is 0 Å². The van der Waals surface area contributed by atoms with Crippen LogP contribution in [-0.2, 0) is 0 Å². The van der Waals surface area contributed by atoms with Gasteiger partial charge in [0.1, 0.15) is 0 Å². The van der Waals surface area contributed by atoms with E-state index >= 15 is 0 Å². The Morgan fingerprint density at radius 3 is 1.93 bits per heavy atom. The van der Waals surface area contributed by atoms with Crippen LogP contribution >= 0.6 is 0 Å². The lowest BCUT2D eigenvalue weighted by molar-refractivity contribution is 0.141. The van der Waals surface area contributed by atoms with Gasteiger partial charge < -0.3 is 0 Å². The first-order valence-corrected chi connectivity index (χ1v) is 6.95. The molecule has 0 fully saturated rings. The second-order valence-corrected chi connectivity index (χ2v) is 6.00. The van der Waals surface area contributed by atoms with Gasteiger partial charge in [0.2, 0.25) is 0 Å². The number of rotatable bonds is 8. The Bertz CT molecular complexity index is 146. The van der Waals surface area contributed by atoms with Crippen molar-refractivity contribution in [2.24, 2.45) is 17.3 Å². The van der Waals surface area contributed by atoms with Crippen LogP contribution in [0.2, 0.25) is 0 Å². The summed E-state index contributed by atoms with van der Waals surface area (Å²) in [6.07, 6.45) is 8.26. The van der Waals surface area contributed by atoms with Gasteiger partial charge in [-0.25, -0.2) is 0 Å². The molecule has 0 aromatic carbocycles. The Kier molecular flexibility index (Phi) is 7.30. The Labute approximate surface area is 97.8 Å². The Balaban J connectivity index is 4.07. The third-order valence-electron chi connectivity index (χ3n) is 4.27. The summed E-state index contributed by atoms with van der Waals surface area (Å²) in [5.74, 6) is 1.74. The Morgan fingerprint density at radius 2 is 1.47 bits per heavy atom. The summed E-state index contributed by atoms with van der Waals surface area (Å²) in [7, 11) is 0. The molecule has 0 amide bonds. The van der Waals surface area contributed by atoms with Gasteiger partial charge in [-0.3, -0.25) is 0 Å². The first-order valence-electron chi connectivity index (χ1n) is 6.95. The standard InChI is InChI=1S/C15H32/c1-7-9-11-13(3)14(4)15(5,6)12-10-8-2/h13-14H,7-12H2,1-6H3. The maximum atomic E-state index is 2.45. The highest BCUT2D eigenvalue weighted by atomic mass is 14.3. The van der Waals surface area contributed by atoms with Crippen LogP contribution in [0.3, 0.4) is 0 Å². The molecule has 2 unspecified atom stereocenters. The van der Waals surface area contributed by atoms with E-state index in [1.54, 1.807) is 0 Å². The second-order valence-electron chi connectivity index (χ2n) is 6.00. The molecule has 0 heteroatoms. The van der Waals surface area contributed by atoms with Crippen LogP contribution in [0.25, 0.3) is 0 Å².